The van der Waals surface area contributed by atoms with Crippen molar-refractivity contribution in [3.63, 3.8) is 0 Å². The van der Waals surface area contributed by atoms with Crippen molar-refractivity contribution >= 4 is 6.29 Å². The molecule has 0 saturated heterocycles. The molecule has 4 aliphatic carbocycles. The molecule has 0 radical (unpaired) electrons. The first kappa shape index (κ1) is 10.6. The lowest BCUT2D eigenvalue weighted by Crippen LogP contribution is -2.62. The standard InChI is InChI=1S/C15H22O/c1-10-4-5-15(9-16)12(6-10)7-11-8-13(15)14(11,2)3/h4,9,11-13H,5-8H2,1-3H3/t11-,12?,13+,15+/m1/s1. The lowest BCUT2D eigenvalue weighted by atomic mass is 9.36. The number of carbonyl (C=O) groups is 1. The van der Waals surface area contributed by atoms with E-state index in [4.69, 9.17) is 0 Å². The normalized spacial score (nSPS) is 48.7. The van der Waals surface area contributed by atoms with Gasteiger partial charge in [-0.05, 0) is 55.8 Å². The number of carbonyl (C=O) groups excluding carboxylic acids is 1. The van der Waals surface area contributed by atoms with E-state index in [0.29, 0.717) is 17.3 Å². The molecule has 3 fully saturated rings. The van der Waals surface area contributed by atoms with Crippen LogP contribution in [0.3, 0.4) is 0 Å². The lowest BCUT2D eigenvalue weighted by Gasteiger charge is -2.67. The van der Waals surface area contributed by atoms with Gasteiger partial charge < -0.3 is 4.79 Å². The first-order valence-corrected chi connectivity index (χ1v) is 6.62. The molecule has 0 amide bonds. The fourth-order valence-corrected chi connectivity index (χ4v) is 4.81. The molecule has 0 aromatic carbocycles. The predicted molar refractivity (Wildman–Crippen MR) is 65.0 cm³/mol. The molecule has 3 saturated carbocycles. The van der Waals surface area contributed by atoms with Crippen LogP contribution in [0.25, 0.3) is 0 Å². The average molecular weight is 218 g/mol. The first-order chi connectivity index (χ1) is 7.50. The molecule has 2 bridgehead atoms. The number of allylic oxidation sites excluding steroid dienone is 2. The molecule has 0 N–H and O–H groups in total. The van der Waals surface area contributed by atoms with Crippen molar-refractivity contribution in [2.24, 2.45) is 28.6 Å². The Morgan fingerprint density at radius 1 is 1.31 bits per heavy atom. The van der Waals surface area contributed by atoms with Gasteiger partial charge in [0.15, 0.2) is 0 Å². The Balaban J connectivity index is 2.01. The zero-order valence-corrected chi connectivity index (χ0v) is 10.6. The van der Waals surface area contributed by atoms with Gasteiger partial charge >= 0.3 is 0 Å². The van der Waals surface area contributed by atoms with E-state index in [0.717, 1.165) is 12.3 Å². The summed E-state index contributed by atoms with van der Waals surface area (Å²) in [5, 5.41) is 0. The van der Waals surface area contributed by atoms with Gasteiger partial charge in [-0.15, -0.1) is 0 Å². The third-order valence-electron chi connectivity index (χ3n) is 6.04. The minimum absolute atomic E-state index is 0.00222. The van der Waals surface area contributed by atoms with Crippen LogP contribution in [0.2, 0.25) is 0 Å². The van der Waals surface area contributed by atoms with E-state index in [1.165, 1.54) is 31.1 Å². The summed E-state index contributed by atoms with van der Waals surface area (Å²) in [4.78, 5) is 11.7. The van der Waals surface area contributed by atoms with Crippen LogP contribution >= 0.6 is 0 Å². The topological polar surface area (TPSA) is 17.1 Å². The summed E-state index contributed by atoms with van der Waals surface area (Å²) in [5.41, 5.74) is 1.91. The second-order valence-electron chi connectivity index (χ2n) is 6.93. The molecular weight excluding hydrogens is 196 g/mol. The number of hydrogen-bond acceptors (Lipinski definition) is 1. The zero-order chi connectivity index (χ0) is 11.6. The van der Waals surface area contributed by atoms with Crippen LogP contribution in [0.15, 0.2) is 11.6 Å². The molecule has 0 aromatic heterocycles. The highest BCUT2D eigenvalue weighted by Gasteiger charge is 2.64. The summed E-state index contributed by atoms with van der Waals surface area (Å²) in [6, 6.07) is 0. The van der Waals surface area contributed by atoms with Crippen molar-refractivity contribution < 1.29 is 4.79 Å². The van der Waals surface area contributed by atoms with Crippen LogP contribution in [-0.2, 0) is 4.79 Å². The molecule has 4 rings (SSSR count). The van der Waals surface area contributed by atoms with Gasteiger partial charge in [0.1, 0.15) is 6.29 Å². The maximum Gasteiger partial charge on any atom is 0.127 e. The Morgan fingerprint density at radius 3 is 2.69 bits per heavy atom. The Kier molecular flexibility index (Phi) is 1.98. The van der Waals surface area contributed by atoms with Gasteiger partial charge in [-0.3, -0.25) is 0 Å². The maximum absolute atomic E-state index is 11.7. The Hall–Kier alpha value is -0.590. The van der Waals surface area contributed by atoms with Crippen molar-refractivity contribution in [1.82, 2.24) is 0 Å². The minimum atomic E-state index is -0.00222. The van der Waals surface area contributed by atoms with Crippen molar-refractivity contribution in [2.45, 2.75) is 46.5 Å². The van der Waals surface area contributed by atoms with Gasteiger partial charge in [0.05, 0.1) is 0 Å². The third-order valence-corrected chi connectivity index (χ3v) is 6.04. The largest absolute Gasteiger partial charge is 0.303 e. The quantitative estimate of drug-likeness (QED) is 0.485. The second-order valence-corrected chi connectivity index (χ2v) is 6.93. The highest BCUT2D eigenvalue weighted by atomic mass is 16.1. The summed E-state index contributed by atoms with van der Waals surface area (Å²) in [5.74, 6) is 2.17. The molecule has 0 aliphatic heterocycles. The van der Waals surface area contributed by atoms with Crippen LogP contribution in [-0.4, -0.2) is 6.29 Å². The summed E-state index contributed by atoms with van der Waals surface area (Å²) >= 11 is 0. The summed E-state index contributed by atoms with van der Waals surface area (Å²) < 4.78 is 0. The van der Waals surface area contributed by atoms with E-state index in [9.17, 15) is 4.79 Å². The first-order valence-electron chi connectivity index (χ1n) is 6.62. The SMILES string of the molecule is CC1=CC[C@]2(C=O)C(C1)C[C@@H]1C[C@H]2C1(C)C. The average Bonchev–Trinajstić information content (AvgIpc) is 2.27. The van der Waals surface area contributed by atoms with E-state index in [1.807, 2.05) is 0 Å². The molecule has 1 nitrogen and oxygen atoms in total. The van der Waals surface area contributed by atoms with Gasteiger partial charge in [-0.25, -0.2) is 0 Å². The van der Waals surface area contributed by atoms with Crippen LogP contribution in [0.5, 0.6) is 0 Å². The molecule has 1 unspecified atom stereocenters. The highest BCUT2D eigenvalue weighted by Crippen LogP contribution is 2.70. The van der Waals surface area contributed by atoms with Crippen LogP contribution in [0.1, 0.15) is 46.5 Å². The molecule has 0 aromatic rings. The second kappa shape index (κ2) is 3.00. The Labute approximate surface area is 98.3 Å². The molecule has 0 heterocycles. The fraction of sp³-hybridized carbons (Fsp3) is 0.800. The molecule has 1 heteroatoms. The third kappa shape index (κ3) is 1.05. The number of aldehydes is 1. The van der Waals surface area contributed by atoms with Gasteiger partial charge in [0, 0.05) is 5.41 Å². The number of hydrogen-bond donors (Lipinski definition) is 0. The van der Waals surface area contributed by atoms with Crippen LogP contribution in [0.4, 0.5) is 0 Å². The summed E-state index contributed by atoms with van der Waals surface area (Å²) in [7, 11) is 0. The van der Waals surface area contributed by atoms with Crippen molar-refractivity contribution in [3.8, 4) is 0 Å². The van der Waals surface area contributed by atoms with Gasteiger partial charge in [-0.1, -0.05) is 25.5 Å². The van der Waals surface area contributed by atoms with E-state index in [-0.39, 0.29) is 5.41 Å². The Morgan fingerprint density at radius 2 is 2.06 bits per heavy atom. The molecule has 0 spiro atoms. The fourth-order valence-electron chi connectivity index (χ4n) is 4.81. The molecule has 88 valence electrons. The maximum atomic E-state index is 11.7. The van der Waals surface area contributed by atoms with E-state index < -0.39 is 0 Å². The predicted octanol–water partition coefficient (Wildman–Crippen LogP) is 3.59. The highest BCUT2D eigenvalue weighted by molar-refractivity contribution is 5.63. The molecular formula is C15H22O. The zero-order valence-electron chi connectivity index (χ0n) is 10.6. The summed E-state index contributed by atoms with van der Waals surface area (Å²) in [6.07, 6.45) is 8.40. The van der Waals surface area contributed by atoms with Crippen LogP contribution in [0, 0.1) is 28.6 Å². The Bertz CT molecular complexity index is 366. The monoisotopic (exact) mass is 218 g/mol. The van der Waals surface area contributed by atoms with Crippen molar-refractivity contribution in [1.29, 1.82) is 0 Å². The molecule has 16 heavy (non-hydrogen) atoms. The van der Waals surface area contributed by atoms with Crippen molar-refractivity contribution in [3.05, 3.63) is 11.6 Å². The molecule has 4 atom stereocenters. The van der Waals surface area contributed by atoms with Gasteiger partial charge in [-0.2, -0.15) is 0 Å². The van der Waals surface area contributed by atoms with Crippen molar-refractivity contribution in [2.75, 3.05) is 0 Å². The van der Waals surface area contributed by atoms with E-state index >= 15 is 0 Å². The van der Waals surface area contributed by atoms with Crippen LogP contribution < -0.4 is 0 Å². The summed E-state index contributed by atoms with van der Waals surface area (Å²) in [6.45, 7) is 6.97. The lowest BCUT2D eigenvalue weighted by molar-refractivity contribution is -0.187. The van der Waals surface area contributed by atoms with Gasteiger partial charge in [0.2, 0.25) is 0 Å². The van der Waals surface area contributed by atoms with Gasteiger partial charge in [0.25, 0.3) is 0 Å². The van der Waals surface area contributed by atoms with E-state index in [1.54, 1.807) is 0 Å². The number of rotatable bonds is 1. The molecule has 4 aliphatic rings. The smallest absolute Gasteiger partial charge is 0.127 e. The van der Waals surface area contributed by atoms with E-state index in [2.05, 4.69) is 26.8 Å². The minimum Gasteiger partial charge on any atom is -0.303 e.